The van der Waals surface area contributed by atoms with Crippen LogP contribution in [0.15, 0.2) is 60.8 Å². The average Bonchev–Trinajstić information content (AvgIpc) is 3.44. The molecule has 0 rings (SSSR count). The minimum atomic E-state index is -4.46. The predicted molar refractivity (Wildman–Crippen MR) is 351 cm³/mol. The molecule has 0 spiro atoms. The van der Waals surface area contributed by atoms with Gasteiger partial charge in [-0.05, 0) is 70.3 Å². The zero-order chi connectivity index (χ0) is 59.3. The van der Waals surface area contributed by atoms with Crippen LogP contribution in [-0.2, 0) is 27.9 Å². The molecule has 0 heterocycles. The summed E-state index contributed by atoms with van der Waals surface area (Å²) in [5.74, 6) is -0.530. The van der Waals surface area contributed by atoms with Crippen molar-refractivity contribution in [2.75, 3.05) is 40.9 Å². The Morgan fingerprint density at radius 3 is 1.20 bits per heavy atom. The van der Waals surface area contributed by atoms with Crippen LogP contribution in [0, 0.1) is 0 Å². The second-order valence-electron chi connectivity index (χ2n) is 24.7. The Hall–Kier alpha value is -2.29. The standard InChI is InChI=1S/C71H133N2O7P/c1-7-10-13-16-19-22-25-28-30-32-33-34-35-36-37-38-39-40-41-42-44-46-49-52-55-58-61-64-71(75)80-69(62-59-56-53-50-47-27-24-21-18-15-12-9-3)68(67-79-81(76,77)78-66-65-73(4,5)6)72-70(74)63-60-57-54-51-48-45-43-31-29-26-23-20-17-14-11-8-2/h11,14,20,23,29,31,45,48,59,62,68-69H,7-10,12-13,15-19,21-22,24-28,30,32-44,46-47,49-58,60-61,63-67H2,1-6H3,(H-,72,74,76,77)/p+1/b14-11+,23-20+,31-29+,48-45+,62-59-. The number of quaternary nitrogens is 1. The molecule has 0 aromatic rings. The van der Waals surface area contributed by atoms with Gasteiger partial charge in [0.2, 0.25) is 5.91 Å². The Bertz CT molecular complexity index is 1570. The number of phosphoric ester groups is 1. The van der Waals surface area contributed by atoms with Crippen LogP contribution in [0.1, 0.15) is 329 Å². The van der Waals surface area contributed by atoms with Crippen LogP contribution in [0.25, 0.3) is 0 Å². The number of nitrogens with zero attached hydrogens (tertiary/aromatic N) is 1. The smallest absolute Gasteiger partial charge is 0.456 e. The Morgan fingerprint density at radius 1 is 0.444 bits per heavy atom. The first-order chi connectivity index (χ1) is 39.4. The molecular formula is C71H134N2O7P+. The van der Waals surface area contributed by atoms with Crippen molar-refractivity contribution >= 4 is 19.7 Å². The lowest BCUT2D eigenvalue weighted by atomic mass is 10.0. The molecule has 1 amide bonds. The molecule has 0 bridgehead atoms. The van der Waals surface area contributed by atoms with Crippen LogP contribution in [0.5, 0.6) is 0 Å². The highest BCUT2D eigenvalue weighted by Crippen LogP contribution is 2.43. The van der Waals surface area contributed by atoms with Crippen LogP contribution >= 0.6 is 7.82 Å². The van der Waals surface area contributed by atoms with Gasteiger partial charge in [0.15, 0.2) is 0 Å². The maximum atomic E-state index is 13.6. The SMILES string of the molecule is CC/C=C/C/C=C/C/C=C/C/C=C/CCCCCC(=O)NC(COP(=O)(O)OCC[N+](C)(C)C)C(/C=C\CCCCCCCCCCCC)OC(=O)CCCCCCCCCCCCCCCCCCCCCCCCCCCCC. The number of esters is 1. The Morgan fingerprint density at radius 2 is 0.790 bits per heavy atom. The fourth-order valence-corrected chi connectivity index (χ4v) is 10.9. The molecule has 81 heavy (non-hydrogen) atoms. The number of rotatable bonds is 63. The van der Waals surface area contributed by atoms with Crippen molar-refractivity contribution in [1.82, 2.24) is 5.32 Å². The number of hydrogen-bond acceptors (Lipinski definition) is 6. The van der Waals surface area contributed by atoms with Gasteiger partial charge in [0.05, 0.1) is 33.8 Å². The van der Waals surface area contributed by atoms with Crippen LogP contribution < -0.4 is 5.32 Å². The number of likely N-dealkylation sites (N-methyl/N-ethyl adjacent to an activating group) is 1. The molecule has 0 aromatic carbocycles. The van der Waals surface area contributed by atoms with Gasteiger partial charge in [-0.2, -0.15) is 0 Å². The number of carbonyl (C=O) groups excluding carboxylic acids is 2. The van der Waals surface area contributed by atoms with E-state index >= 15 is 0 Å². The first-order valence-corrected chi connectivity index (χ1v) is 36.1. The fourth-order valence-electron chi connectivity index (χ4n) is 10.2. The number of amides is 1. The van der Waals surface area contributed by atoms with E-state index in [4.69, 9.17) is 13.8 Å². The number of hydrogen-bond donors (Lipinski definition) is 2. The highest BCUT2D eigenvalue weighted by Gasteiger charge is 2.30. The summed E-state index contributed by atoms with van der Waals surface area (Å²) in [6.07, 6.45) is 78.2. The van der Waals surface area contributed by atoms with E-state index in [-0.39, 0.29) is 31.5 Å². The van der Waals surface area contributed by atoms with Gasteiger partial charge in [0.1, 0.15) is 19.3 Å². The highest BCUT2D eigenvalue weighted by atomic mass is 31.2. The van der Waals surface area contributed by atoms with Crippen LogP contribution in [0.3, 0.4) is 0 Å². The lowest BCUT2D eigenvalue weighted by molar-refractivity contribution is -0.870. The summed E-state index contributed by atoms with van der Waals surface area (Å²) in [4.78, 5) is 37.8. The molecule has 0 aliphatic heterocycles. The summed E-state index contributed by atoms with van der Waals surface area (Å²) >= 11 is 0. The first-order valence-electron chi connectivity index (χ1n) is 34.6. The van der Waals surface area contributed by atoms with Crippen molar-refractivity contribution in [3.63, 3.8) is 0 Å². The van der Waals surface area contributed by atoms with E-state index in [1.807, 2.05) is 33.3 Å². The zero-order valence-corrected chi connectivity index (χ0v) is 55.2. The molecule has 0 saturated carbocycles. The van der Waals surface area contributed by atoms with Crippen molar-refractivity contribution in [2.24, 2.45) is 0 Å². The maximum absolute atomic E-state index is 13.6. The first kappa shape index (κ1) is 78.7. The zero-order valence-electron chi connectivity index (χ0n) is 54.3. The third kappa shape index (κ3) is 62.1. The van der Waals surface area contributed by atoms with E-state index in [1.165, 1.54) is 205 Å². The predicted octanol–water partition coefficient (Wildman–Crippen LogP) is 21.8. The summed E-state index contributed by atoms with van der Waals surface area (Å²) in [6, 6.07) is -0.865. The quantitative estimate of drug-likeness (QED) is 0.0205. The number of nitrogens with one attached hydrogen (secondary N) is 1. The summed E-state index contributed by atoms with van der Waals surface area (Å²) in [7, 11) is 1.48. The van der Waals surface area contributed by atoms with Gasteiger partial charge in [-0.3, -0.25) is 18.6 Å². The molecule has 2 N–H and O–H groups in total. The van der Waals surface area contributed by atoms with Gasteiger partial charge in [-0.15, -0.1) is 0 Å². The summed E-state index contributed by atoms with van der Waals surface area (Å²) in [5.41, 5.74) is 0. The maximum Gasteiger partial charge on any atom is 0.472 e. The van der Waals surface area contributed by atoms with Crippen molar-refractivity contribution < 1.29 is 37.3 Å². The highest BCUT2D eigenvalue weighted by molar-refractivity contribution is 7.47. The van der Waals surface area contributed by atoms with Crippen molar-refractivity contribution in [1.29, 1.82) is 0 Å². The lowest BCUT2D eigenvalue weighted by Gasteiger charge is -2.27. The second kappa shape index (κ2) is 60.8. The van der Waals surface area contributed by atoms with Crippen molar-refractivity contribution in [2.45, 2.75) is 341 Å². The monoisotopic (exact) mass is 1160 g/mol. The average molecular weight is 1160 g/mol. The molecule has 0 saturated heterocycles. The van der Waals surface area contributed by atoms with Gasteiger partial charge in [0, 0.05) is 12.8 Å². The Kier molecular flexibility index (Phi) is 59.1. The number of phosphoric acid groups is 1. The molecule has 0 aromatic heterocycles. The number of allylic oxidation sites excluding steroid dienone is 9. The van der Waals surface area contributed by atoms with Crippen molar-refractivity contribution in [3.8, 4) is 0 Å². The molecule has 9 nitrogen and oxygen atoms in total. The van der Waals surface area contributed by atoms with Crippen LogP contribution in [0.4, 0.5) is 0 Å². The van der Waals surface area contributed by atoms with Gasteiger partial charge >= 0.3 is 13.8 Å². The fraction of sp³-hybridized carbons (Fsp3) is 0.831. The van der Waals surface area contributed by atoms with E-state index in [0.29, 0.717) is 23.9 Å². The Labute approximate surface area is 502 Å². The van der Waals surface area contributed by atoms with E-state index < -0.39 is 20.0 Å². The van der Waals surface area contributed by atoms with Gasteiger partial charge in [0.25, 0.3) is 0 Å². The summed E-state index contributed by atoms with van der Waals surface area (Å²) in [6.45, 7) is 6.91. The van der Waals surface area contributed by atoms with Crippen molar-refractivity contribution in [3.05, 3.63) is 60.8 Å². The molecule has 0 aliphatic carbocycles. The number of carbonyl (C=O) groups is 2. The van der Waals surface area contributed by atoms with Gasteiger partial charge < -0.3 is 19.4 Å². The molecule has 0 radical (unpaired) electrons. The number of ether oxygens (including phenoxy) is 1. The molecular weight excluding hydrogens is 1020 g/mol. The molecule has 3 unspecified atom stereocenters. The molecule has 0 aliphatic rings. The normalized spacial score (nSPS) is 13.9. The van der Waals surface area contributed by atoms with Gasteiger partial charge in [-0.25, -0.2) is 4.57 Å². The molecule has 3 atom stereocenters. The lowest BCUT2D eigenvalue weighted by Crippen LogP contribution is -2.47. The van der Waals surface area contributed by atoms with Crippen LogP contribution in [0.2, 0.25) is 0 Å². The van der Waals surface area contributed by atoms with Crippen LogP contribution in [-0.4, -0.2) is 74.3 Å². The van der Waals surface area contributed by atoms with Gasteiger partial charge in [-0.1, -0.05) is 307 Å². The largest absolute Gasteiger partial charge is 0.472 e. The Balaban J connectivity index is 5.02. The molecule has 474 valence electrons. The topological polar surface area (TPSA) is 111 Å². The minimum absolute atomic E-state index is 0.0338. The second-order valence-corrected chi connectivity index (χ2v) is 26.1. The van der Waals surface area contributed by atoms with E-state index in [0.717, 1.165) is 83.5 Å². The number of unbranched alkanes of at least 4 members (excludes halogenated alkanes) is 39. The van der Waals surface area contributed by atoms with E-state index in [1.54, 1.807) is 0 Å². The molecule has 10 heteroatoms. The summed E-state index contributed by atoms with van der Waals surface area (Å²) < 4.78 is 30.7. The minimum Gasteiger partial charge on any atom is -0.456 e. The molecule has 0 fully saturated rings. The third-order valence-corrected chi connectivity index (χ3v) is 16.5. The third-order valence-electron chi connectivity index (χ3n) is 15.5. The van der Waals surface area contributed by atoms with E-state index in [2.05, 4.69) is 74.7 Å². The van der Waals surface area contributed by atoms with E-state index in [9.17, 15) is 19.0 Å². The summed E-state index contributed by atoms with van der Waals surface area (Å²) in [5, 5.41) is 3.05.